The first-order valence-electron chi connectivity index (χ1n) is 6.38. The molecular weight excluding hydrogens is 290 g/mol. The normalized spacial score (nSPS) is 10.3. The maximum Gasteiger partial charge on any atom is 0.259 e. The van der Waals surface area contributed by atoms with Gasteiger partial charge in [-0.05, 0) is 37.1 Å². The van der Waals surface area contributed by atoms with Crippen LogP contribution in [-0.2, 0) is 0 Å². The molecule has 0 saturated heterocycles. The highest BCUT2D eigenvalue weighted by Gasteiger charge is 2.15. The van der Waals surface area contributed by atoms with Gasteiger partial charge in [-0.25, -0.2) is 0 Å². The van der Waals surface area contributed by atoms with Crippen molar-refractivity contribution >= 4 is 23.2 Å². The Labute approximate surface area is 128 Å². The van der Waals surface area contributed by atoms with Crippen LogP contribution in [-0.4, -0.2) is 18.1 Å². The zero-order valence-electron chi connectivity index (χ0n) is 12.0. The molecule has 1 amide bonds. The minimum absolute atomic E-state index is 0.0281. The molecule has 110 valence electrons. The van der Waals surface area contributed by atoms with Gasteiger partial charge in [-0.3, -0.25) is 4.79 Å². The molecule has 0 aliphatic carbocycles. The van der Waals surface area contributed by atoms with Crippen LogP contribution in [0.5, 0.6) is 11.5 Å². The number of methoxy groups -OCH3 is 1. The van der Waals surface area contributed by atoms with Crippen molar-refractivity contribution in [1.29, 1.82) is 0 Å². The Bertz CT molecular complexity index is 698. The van der Waals surface area contributed by atoms with Crippen molar-refractivity contribution in [3.8, 4) is 11.5 Å². The molecule has 0 spiro atoms. The summed E-state index contributed by atoms with van der Waals surface area (Å²) < 4.78 is 5.21. The third-order valence-electron chi connectivity index (χ3n) is 3.21. The summed E-state index contributed by atoms with van der Waals surface area (Å²) in [6, 6.07) is 8.38. The molecule has 0 bridgehead atoms. The number of nitrogens with one attached hydrogen (secondary N) is 1. The van der Waals surface area contributed by atoms with E-state index in [0.717, 1.165) is 5.56 Å². The number of hydrogen-bond acceptors (Lipinski definition) is 3. The number of hydrogen-bond donors (Lipinski definition) is 2. The number of carbonyl (C=O) groups is 1. The van der Waals surface area contributed by atoms with Crippen LogP contribution in [0.4, 0.5) is 5.69 Å². The number of carbonyl (C=O) groups excluding carboxylic acids is 1. The Morgan fingerprint density at radius 3 is 2.62 bits per heavy atom. The molecule has 2 N–H and O–H groups in total. The maximum absolute atomic E-state index is 12.3. The van der Waals surface area contributed by atoms with Gasteiger partial charge < -0.3 is 15.2 Å². The number of aryl methyl sites for hydroxylation is 2. The SMILES string of the molecule is COc1cc(Cl)c(C)cc1NC(=O)c1cccc(C)c1O. The second-order valence-corrected chi connectivity index (χ2v) is 5.13. The molecule has 0 atom stereocenters. The summed E-state index contributed by atoms with van der Waals surface area (Å²) in [5.41, 5.74) is 2.18. The van der Waals surface area contributed by atoms with E-state index in [9.17, 15) is 9.90 Å². The standard InChI is InChI=1S/C16H16ClNO3/c1-9-5-4-6-11(15(9)19)16(20)18-13-7-10(2)12(17)8-14(13)21-3/h4-8,19H,1-3H3,(H,18,20). The molecule has 0 unspecified atom stereocenters. The smallest absolute Gasteiger partial charge is 0.259 e. The van der Waals surface area contributed by atoms with Crippen molar-refractivity contribution in [2.24, 2.45) is 0 Å². The number of benzene rings is 2. The molecule has 2 aromatic carbocycles. The molecule has 0 radical (unpaired) electrons. The van der Waals surface area contributed by atoms with E-state index in [-0.39, 0.29) is 11.3 Å². The van der Waals surface area contributed by atoms with Gasteiger partial charge in [0.2, 0.25) is 0 Å². The van der Waals surface area contributed by atoms with E-state index in [4.69, 9.17) is 16.3 Å². The molecule has 0 saturated carbocycles. The zero-order valence-corrected chi connectivity index (χ0v) is 12.8. The van der Waals surface area contributed by atoms with Crippen molar-refractivity contribution in [2.75, 3.05) is 12.4 Å². The Balaban J connectivity index is 2.36. The summed E-state index contributed by atoms with van der Waals surface area (Å²) in [5, 5.41) is 13.2. The van der Waals surface area contributed by atoms with Gasteiger partial charge in [0.05, 0.1) is 18.4 Å². The lowest BCUT2D eigenvalue weighted by molar-refractivity contribution is 0.102. The summed E-state index contributed by atoms with van der Waals surface area (Å²) in [4.78, 5) is 12.3. The predicted octanol–water partition coefficient (Wildman–Crippen LogP) is 3.92. The van der Waals surface area contributed by atoms with Gasteiger partial charge in [0, 0.05) is 11.1 Å². The predicted molar refractivity (Wildman–Crippen MR) is 83.5 cm³/mol. The molecule has 21 heavy (non-hydrogen) atoms. The van der Waals surface area contributed by atoms with Crippen molar-refractivity contribution < 1.29 is 14.6 Å². The Morgan fingerprint density at radius 1 is 1.24 bits per heavy atom. The second kappa shape index (κ2) is 6.06. The lowest BCUT2D eigenvalue weighted by Gasteiger charge is -2.13. The van der Waals surface area contributed by atoms with E-state index in [1.807, 2.05) is 6.92 Å². The monoisotopic (exact) mass is 305 g/mol. The number of phenols is 1. The summed E-state index contributed by atoms with van der Waals surface area (Å²) in [7, 11) is 1.50. The number of ether oxygens (including phenoxy) is 1. The lowest BCUT2D eigenvalue weighted by atomic mass is 10.1. The number of phenolic OH excluding ortho intramolecular Hbond substituents is 1. The van der Waals surface area contributed by atoms with Crippen molar-refractivity contribution in [2.45, 2.75) is 13.8 Å². The summed E-state index contributed by atoms with van der Waals surface area (Å²) in [6.07, 6.45) is 0. The Morgan fingerprint density at radius 2 is 1.95 bits per heavy atom. The molecule has 0 heterocycles. The first-order valence-corrected chi connectivity index (χ1v) is 6.76. The summed E-state index contributed by atoms with van der Waals surface area (Å²) in [5.74, 6) is 0.0296. The van der Waals surface area contributed by atoms with Crippen LogP contribution in [0.1, 0.15) is 21.5 Å². The van der Waals surface area contributed by atoms with E-state index in [2.05, 4.69) is 5.32 Å². The van der Waals surface area contributed by atoms with Crippen LogP contribution in [0.15, 0.2) is 30.3 Å². The molecule has 0 aliphatic heterocycles. The second-order valence-electron chi connectivity index (χ2n) is 4.73. The van der Waals surface area contributed by atoms with Crippen molar-refractivity contribution in [3.63, 3.8) is 0 Å². The van der Waals surface area contributed by atoms with Crippen LogP contribution in [0.3, 0.4) is 0 Å². The number of amides is 1. The lowest BCUT2D eigenvalue weighted by Crippen LogP contribution is -2.13. The maximum atomic E-state index is 12.3. The molecule has 0 fully saturated rings. The van der Waals surface area contributed by atoms with Gasteiger partial charge in [0.25, 0.3) is 5.91 Å². The fraction of sp³-hybridized carbons (Fsp3) is 0.188. The first-order chi connectivity index (χ1) is 9.93. The number of anilines is 1. The highest BCUT2D eigenvalue weighted by molar-refractivity contribution is 6.31. The Hall–Kier alpha value is -2.20. The van der Waals surface area contributed by atoms with Gasteiger partial charge >= 0.3 is 0 Å². The molecular formula is C16H16ClNO3. The highest BCUT2D eigenvalue weighted by atomic mass is 35.5. The van der Waals surface area contributed by atoms with E-state index in [0.29, 0.717) is 22.0 Å². The van der Waals surface area contributed by atoms with Crippen LogP contribution in [0.2, 0.25) is 5.02 Å². The van der Waals surface area contributed by atoms with E-state index >= 15 is 0 Å². The van der Waals surface area contributed by atoms with Crippen molar-refractivity contribution in [1.82, 2.24) is 0 Å². The highest BCUT2D eigenvalue weighted by Crippen LogP contribution is 2.32. The molecule has 0 aliphatic rings. The quantitative estimate of drug-likeness (QED) is 0.903. The van der Waals surface area contributed by atoms with E-state index in [1.54, 1.807) is 37.3 Å². The fourth-order valence-electron chi connectivity index (χ4n) is 1.96. The van der Waals surface area contributed by atoms with E-state index in [1.165, 1.54) is 7.11 Å². The largest absolute Gasteiger partial charge is 0.507 e. The van der Waals surface area contributed by atoms with Crippen LogP contribution in [0.25, 0.3) is 0 Å². The number of para-hydroxylation sites is 1. The van der Waals surface area contributed by atoms with Gasteiger partial charge in [-0.15, -0.1) is 0 Å². The third kappa shape index (κ3) is 3.11. The van der Waals surface area contributed by atoms with Gasteiger partial charge in [0.1, 0.15) is 11.5 Å². The summed E-state index contributed by atoms with van der Waals surface area (Å²) >= 11 is 6.03. The number of aromatic hydroxyl groups is 1. The number of halogens is 1. The van der Waals surface area contributed by atoms with Gasteiger partial charge in [-0.2, -0.15) is 0 Å². The zero-order chi connectivity index (χ0) is 15.6. The summed E-state index contributed by atoms with van der Waals surface area (Å²) in [6.45, 7) is 3.57. The van der Waals surface area contributed by atoms with Crippen LogP contribution in [0, 0.1) is 13.8 Å². The van der Waals surface area contributed by atoms with Crippen LogP contribution < -0.4 is 10.1 Å². The molecule has 5 heteroatoms. The van der Waals surface area contributed by atoms with Crippen molar-refractivity contribution in [3.05, 3.63) is 52.0 Å². The molecule has 0 aromatic heterocycles. The number of rotatable bonds is 3. The average molecular weight is 306 g/mol. The topological polar surface area (TPSA) is 58.6 Å². The molecule has 2 aromatic rings. The van der Waals surface area contributed by atoms with Gasteiger partial charge in [-0.1, -0.05) is 23.7 Å². The average Bonchev–Trinajstić information content (AvgIpc) is 2.45. The fourth-order valence-corrected chi connectivity index (χ4v) is 2.12. The minimum Gasteiger partial charge on any atom is -0.507 e. The third-order valence-corrected chi connectivity index (χ3v) is 3.62. The van der Waals surface area contributed by atoms with Gasteiger partial charge in [0.15, 0.2) is 0 Å². The van der Waals surface area contributed by atoms with E-state index < -0.39 is 5.91 Å². The first kappa shape index (κ1) is 15.2. The molecule has 4 nitrogen and oxygen atoms in total. The molecule has 2 rings (SSSR count). The minimum atomic E-state index is -0.406. The Kier molecular flexibility index (Phi) is 4.38. The van der Waals surface area contributed by atoms with Crippen LogP contribution >= 0.6 is 11.6 Å².